The number of carbonyl (C=O) groups excluding carboxylic acids is 1. The van der Waals surface area contributed by atoms with Crippen molar-refractivity contribution in [3.8, 4) is 5.75 Å². The summed E-state index contributed by atoms with van der Waals surface area (Å²) in [6.45, 7) is 2.55. The monoisotopic (exact) mass is 313 g/mol. The topological polar surface area (TPSA) is 38.3 Å². The van der Waals surface area contributed by atoms with Crippen molar-refractivity contribution in [1.82, 2.24) is 5.32 Å². The molecule has 0 aliphatic heterocycles. The third-order valence-electron chi connectivity index (χ3n) is 4.29. The summed E-state index contributed by atoms with van der Waals surface area (Å²) in [5, 5.41) is 2.93. The van der Waals surface area contributed by atoms with Crippen molar-refractivity contribution in [2.75, 3.05) is 13.2 Å². The molecule has 0 heterocycles. The molecule has 4 heteroatoms. The molecule has 1 aliphatic rings. The number of hydrogen-bond donors (Lipinski definition) is 1. The highest BCUT2D eigenvalue weighted by Crippen LogP contribution is 2.47. The minimum absolute atomic E-state index is 0.00293. The lowest BCUT2D eigenvalue weighted by Gasteiger charge is -2.17. The van der Waals surface area contributed by atoms with Crippen LogP contribution in [0.15, 0.2) is 48.5 Å². The third kappa shape index (κ3) is 3.89. The molecule has 23 heavy (non-hydrogen) atoms. The molecule has 1 amide bonds. The number of aryl methyl sites for hydroxylation is 1. The van der Waals surface area contributed by atoms with E-state index in [0.717, 1.165) is 24.0 Å². The molecule has 1 fully saturated rings. The Morgan fingerprint density at radius 1 is 1.22 bits per heavy atom. The molecule has 0 atom stereocenters. The molecule has 1 N–H and O–H groups in total. The average Bonchev–Trinajstić information content (AvgIpc) is 3.33. The van der Waals surface area contributed by atoms with E-state index >= 15 is 0 Å². The van der Waals surface area contributed by atoms with E-state index in [2.05, 4.69) is 5.32 Å². The van der Waals surface area contributed by atoms with Crippen LogP contribution in [-0.4, -0.2) is 19.1 Å². The van der Waals surface area contributed by atoms with Gasteiger partial charge in [0.25, 0.3) is 5.91 Å². The summed E-state index contributed by atoms with van der Waals surface area (Å²) in [5.41, 5.74) is 2.14. The third-order valence-corrected chi connectivity index (χ3v) is 4.29. The zero-order valence-corrected chi connectivity index (χ0v) is 13.1. The van der Waals surface area contributed by atoms with Crippen LogP contribution in [0.5, 0.6) is 5.75 Å². The van der Waals surface area contributed by atoms with E-state index in [9.17, 15) is 9.18 Å². The van der Waals surface area contributed by atoms with Crippen molar-refractivity contribution >= 4 is 5.91 Å². The molecule has 0 saturated heterocycles. The van der Waals surface area contributed by atoms with E-state index in [1.54, 1.807) is 12.1 Å². The summed E-state index contributed by atoms with van der Waals surface area (Å²) < 4.78 is 18.5. The smallest absolute Gasteiger partial charge is 0.257 e. The van der Waals surface area contributed by atoms with Gasteiger partial charge in [0.2, 0.25) is 0 Å². The normalized spacial score (nSPS) is 15.0. The fourth-order valence-electron chi connectivity index (χ4n) is 2.69. The van der Waals surface area contributed by atoms with Gasteiger partial charge in [-0.3, -0.25) is 4.79 Å². The number of carbonyl (C=O) groups is 1. The lowest BCUT2D eigenvalue weighted by molar-refractivity contribution is -0.123. The van der Waals surface area contributed by atoms with Crippen molar-refractivity contribution in [1.29, 1.82) is 0 Å². The molecule has 0 aromatic heterocycles. The highest BCUT2D eigenvalue weighted by atomic mass is 19.1. The number of amides is 1. The number of ether oxygens (including phenoxy) is 1. The van der Waals surface area contributed by atoms with Gasteiger partial charge in [0.15, 0.2) is 6.61 Å². The van der Waals surface area contributed by atoms with Crippen LogP contribution in [0.25, 0.3) is 0 Å². The predicted molar refractivity (Wildman–Crippen MR) is 87.0 cm³/mol. The van der Waals surface area contributed by atoms with Gasteiger partial charge in [-0.15, -0.1) is 0 Å². The second kappa shape index (κ2) is 6.41. The van der Waals surface area contributed by atoms with E-state index in [1.807, 2.05) is 31.2 Å². The zero-order chi connectivity index (χ0) is 16.3. The minimum Gasteiger partial charge on any atom is -0.484 e. The largest absolute Gasteiger partial charge is 0.484 e. The van der Waals surface area contributed by atoms with Crippen molar-refractivity contribution < 1.29 is 13.9 Å². The second-order valence-electron chi connectivity index (χ2n) is 6.17. The lowest BCUT2D eigenvalue weighted by atomic mass is 9.96. The van der Waals surface area contributed by atoms with Crippen LogP contribution in [0.4, 0.5) is 4.39 Å². The number of hydrogen-bond acceptors (Lipinski definition) is 2. The van der Waals surface area contributed by atoms with Crippen molar-refractivity contribution in [2.24, 2.45) is 0 Å². The van der Waals surface area contributed by atoms with E-state index in [-0.39, 0.29) is 23.7 Å². The molecule has 2 aromatic rings. The first-order valence-electron chi connectivity index (χ1n) is 7.80. The van der Waals surface area contributed by atoms with Gasteiger partial charge in [0, 0.05) is 12.0 Å². The molecular formula is C19H20FNO2. The molecule has 2 aromatic carbocycles. The maximum absolute atomic E-state index is 13.0. The van der Waals surface area contributed by atoms with Crippen molar-refractivity contribution in [3.63, 3.8) is 0 Å². The number of nitrogens with one attached hydrogen (secondary N) is 1. The standard InChI is InChI=1S/C19H20FNO2/c1-14-3-2-4-17(11-14)23-12-18(22)21-13-19(9-10-19)15-5-7-16(20)8-6-15/h2-8,11H,9-10,12-13H2,1H3,(H,21,22). The first-order chi connectivity index (χ1) is 11.1. The molecular weight excluding hydrogens is 293 g/mol. The van der Waals surface area contributed by atoms with Gasteiger partial charge < -0.3 is 10.1 Å². The summed E-state index contributed by atoms with van der Waals surface area (Å²) in [5.74, 6) is 0.319. The van der Waals surface area contributed by atoms with Gasteiger partial charge in [-0.1, -0.05) is 24.3 Å². The Morgan fingerprint density at radius 3 is 2.61 bits per heavy atom. The van der Waals surface area contributed by atoms with Crippen molar-refractivity contribution in [3.05, 3.63) is 65.5 Å². The Labute approximate surface area is 135 Å². The first kappa shape index (κ1) is 15.5. The van der Waals surface area contributed by atoms with E-state index in [1.165, 1.54) is 12.1 Å². The summed E-state index contributed by atoms with van der Waals surface area (Å²) in [4.78, 5) is 12.0. The maximum atomic E-state index is 13.0. The summed E-state index contributed by atoms with van der Waals surface area (Å²) in [7, 11) is 0. The minimum atomic E-state index is -0.236. The Balaban J connectivity index is 1.50. The highest BCUT2D eigenvalue weighted by Gasteiger charge is 2.44. The maximum Gasteiger partial charge on any atom is 0.257 e. The average molecular weight is 313 g/mol. The summed E-state index contributed by atoms with van der Waals surface area (Å²) in [6.07, 6.45) is 2.02. The first-order valence-corrected chi connectivity index (χ1v) is 7.80. The molecule has 1 saturated carbocycles. The van der Waals surface area contributed by atoms with Crippen LogP contribution in [-0.2, 0) is 10.2 Å². The number of rotatable bonds is 6. The molecule has 1 aliphatic carbocycles. The molecule has 0 radical (unpaired) electrons. The molecule has 3 rings (SSSR count). The van der Waals surface area contributed by atoms with E-state index < -0.39 is 0 Å². The Morgan fingerprint density at radius 2 is 1.96 bits per heavy atom. The van der Waals surface area contributed by atoms with Crippen LogP contribution in [0.2, 0.25) is 0 Å². The van der Waals surface area contributed by atoms with Crippen LogP contribution in [0.3, 0.4) is 0 Å². The Bertz CT molecular complexity index is 693. The van der Waals surface area contributed by atoms with Crippen LogP contribution >= 0.6 is 0 Å². The Hall–Kier alpha value is -2.36. The van der Waals surface area contributed by atoms with Gasteiger partial charge >= 0.3 is 0 Å². The van der Waals surface area contributed by atoms with Gasteiger partial charge in [-0.05, 0) is 55.2 Å². The predicted octanol–water partition coefficient (Wildman–Crippen LogP) is 3.36. The Kier molecular flexibility index (Phi) is 4.33. The van der Waals surface area contributed by atoms with Crippen LogP contribution < -0.4 is 10.1 Å². The number of halogens is 1. The second-order valence-corrected chi connectivity index (χ2v) is 6.17. The molecule has 120 valence electrons. The van der Waals surface area contributed by atoms with E-state index in [4.69, 9.17) is 4.74 Å². The quantitative estimate of drug-likeness (QED) is 0.888. The van der Waals surface area contributed by atoms with Gasteiger partial charge in [-0.25, -0.2) is 4.39 Å². The number of benzene rings is 2. The van der Waals surface area contributed by atoms with Crippen LogP contribution in [0, 0.1) is 12.7 Å². The fraction of sp³-hybridized carbons (Fsp3) is 0.316. The fourth-order valence-corrected chi connectivity index (χ4v) is 2.69. The summed E-state index contributed by atoms with van der Waals surface area (Å²) in [6, 6.07) is 14.2. The van der Waals surface area contributed by atoms with Gasteiger partial charge in [-0.2, -0.15) is 0 Å². The molecule has 0 spiro atoms. The molecule has 0 unspecified atom stereocenters. The molecule has 0 bridgehead atoms. The van der Waals surface area contributed by atoms with E-state index in [0.29, 0.717) is 12.3 Å². The van der Waals surface area contributed by atoms with Gasteiger partial charge in [0.1, 0.15) is 11.6 Å². The zero-order valence-electron chi connectivity index (χ0n) is 13.1. The van der Waals surface area contributed by atoms with Crippen LogP contribution in [0.1, 0.15) is 24.0 Å². The van der Waals surface area contributed by atoms with Crippen molar-refractivity contribution in [2.45, 2.75) is 25.2 Å². The SMILES string of the molecule is Cc1cccc(OCC(=O)NCC2(c3ccc(F)cc3)CC2)c1. The lowest BCUT2D eigenvalue weighted by Crippen LogP contribution is -2.35. The summed E-state index contributed by atoms with van der Waals surface area (Å²) >= 11 is 0. The molecule has 3 nitrogen and oxygen atoms in total. The highest BCUT2D eigenvalue weighted by molar-refractivity contribution is 5.77. The van der Waals surface area contributed by atoms with Gasteiger partial charge in [0.05, 0.1) is 0 Å².